The number of rotatable bonds is 3. The maximum Gasteiger partial charge on any atom is 0.108 e. The van der Waals surface area contributed by atoms with Gasteiger partial charge in [0.15, 0.2) is 0 Å². The molecule has 15 heavy (non-hydrogen) atoms. The highest BCUT2D eigenvalue weighted by atomic mass is 35.5. The van der Waals surface area contributed by atoms with Crippen molar-refractivity contribution in [2.24, 2.45) is 5.92 Å². The third-order valence-corrected chi connectivity index (χ3v) is 4.09. The second-order valence-electron chi connectivity index (χ2n) is 4.49. The highest BCUT2D eigenvalue weighted by molar-refractivity contribution is 7.11. The zero-order valence-corrected chi connectivity index (χ0v) is 10.9. The van der Waals surface area contributed by atoms with E-state index in [1.807, 2.05) is 0 Å². The first-order valence-electron chi connectivity index (χ1n) is 5.45. The molecule has 4 heteroatoms. The zero-order valence-electron chi connectivity index (χ0n) is 9.29. The van der Waals surface area contributed by atoms with Crippen molar-refractivity contribution in [3.05, 3.63) is 15.6 Å². The Hall–Kier alpha value is -0.120. The molecule has 1 aromatic rings. The van der Waals surface area contributed by atoms with Crippen molar-refractivity contribution >= 4 is 22.9 Å². The van der Waals surface area contributed by atoms with E-state index in [-0.39, 0.29) is 0 Å². The van der Waals surface area contributed by atoms with E-state index >= 15 is 0 Å². The monoisotopic (exact) mass is 244 g/mol. The molecule has 1 aliphatic rings. The van der Waals surface area contributed by atoms with Gasteiger partial charge < -0.3 is 0 Å². The standard InChI is InChI=1S/C11H17ClN2S/c1-8(2)6-14-4-3-9-10(7-14)15-11(5-12)13-9/h8H,3-7H2,1-2H3. The maximum absolute atomic E-state index is 5.80. The first-order chi connectivity index (χ1) is 7.19. The number of alkyl halides is 1. The third-order valence-electron chi connectivity index (χ3n) is 2.59. The van der Waals surface area contributed by atoms with Gasteiger partial charge >= 0.3 is 0 Å². The zero-order chi connectivity index (χ0) is 10.8. The number of fused-ring (bicyclic) bond motifs is 1. The Morgan fingerprint density at radius 1 is 1.53 bits per heavy atom. The van der Waals surface area contributed by atoms with Gasteiger partial charge in [-0.3, -0.25) is 4.90 Å². The van der Waals surface area contributed by atoms with Gasteiger partial charge in [0.25, 0.3) is 0 Å². The van der Waals surface area contributed by atoms with Gasteiger partial charge in [-0.1, -0.05) is 13.8 Å². The van der Waals surface area contributed by atoms with Gasteiger partial charge in [0.05, 0.1) is 11.6 Å². The van der Waals surface area contributed by atoms with Gasteiger partial charge in [-0.05, 0) is 5.92 Å². The van der Waals surface area contributed by atoms with Crippen molar-refractivity contribution < 1.29 is 0 Å². The largest absolute Gasteiger partial charge is 0.298 e. The summed E-state index contributed by atoms with van der Waals surface area (Å²) in [4.78, 5) is 8.49. The first kappa shape index (κ1) is 11.4. The molecule has 0 atom stereocenters. The second kappa shape index (κ2) is 4.81. The van der Waals surface area contributed by atoms with Crippen molar-refractivity contribution in [1.82, 2.24) is 9.88 Å². The fourth-order valence-corrected chi connectivity index (χ4v) is 3.26. The van der Waals surface area contributed by atoms with E-state index in [0.717, 1.165) is 30.4 Å². The minimum Gasteiger partial charge on any atom is -0.298 e. The van der Waals surface area contributed by atoms with Crippen LogP contribution in [0, 0.1) is 5.92 Å². The molecular weight excluding hydrogens is 228 g/mol. The van der Waals surface area contributed by atoms with Gasteiger partial charge in [0, 0.05) is 30.9 Å². The van der Waals surface area contributed by atoms with E-state index in [2.05, 4.69) is 23.7 Å². The minimum atomic E-state index is 0.557. The molecule has 0 bridgehead atoms. The van der Waals surface area contributed by atoms with Gasteiger partial charge in [-0.15, -0.1) is 22.9 Å². The van der Waals surface area contributed by atoms with E-state index < -0.39 is 0 Å². The first-order valence-corrected chi connectivity index (χ1v) is 6.80. The molecule has 0 aromatic carbocycles. The Labute approximate surface area is 100 Å². The van der Waals surface area contributed by atoms with E-state index in [4.69, 9.17) is 11.6 Å². The molecule has 2 rings (SSSR count). The average Bonchev–Trinajstić information content (AvgIpc) is 2.58. The van der Waals surface area contributed by atoms with Crippen LogP contribution in [0.25, 0.3) is 0 Å². The smallest absolute Gasteiger partial charge is 0.108 e. The van der Waals surface area contributed by atoms with Crippen molar-refractivity contribution in [3.63, 3.8) is 0 Å². The molecule has 2 heterocycles. The summed E-state index contributed by atoms with van der Waals surface area (Å²) in [5, 5.41) is 1.08. The number of halogens is 1. The van der Waals surface area contributed by atoms with Gasteiger partial charge in [0.1, 0.15) is 5.01 Å². The molecule has 2 nitrogen and oxygen atoms in total. The van der Waals surface area contributed by atoms with Crippen LogP contribution in [-0.4, -0.2) is 23.0 Å². The summed E-state index contributed by atoms with van der Waals surface area (Å²) in [6, 6.07) is 0. The molecule has 0 radical (unpaired) electrons. The molecule has 1 aromatic heterocycles. The molecular formula is C11H17ClN2S. The van der Waals surface area contributed by atoms with Crippen LogP contribution in [0.3, 0.4) is 0 Å². The Balaban J connectivity index is 2.05. The lowest BCUT2D eigenvalue weighted by molar-refractivity contribution is 0.228. The molecule has 0 unspecified atom stereocenters. The SMILES string of the molecule is CC(C)CN1CCc2nc(CCl)sc2C1. The second-order valence-corrected chi connectivity index (χ2v) is 5.93. The lowest BCUT2D eigenvalue weighted by Gasteiger charge is -2.27. The minimum absolute atomic E-state index is 0.557. The van der Waals surface area contributed by atoms with Crippen molar-refractivity contribution in [1.29, 1.82) is 0 Å². The highest BCUT2D eigenvalue weighted by Crippen LogP contribution is 2.26. The summed E-state index contributed by atoms with van der Waals surface area (Å²) in [7, 11) is 0. The highest BCUT2D eigenvalue weighted by Gasteiger charge is 2.20. The van der Waals surface area contributed by atoms with E-state index in [1.165, 1.54) is 17.1 Å². The molecule has 0 aliphatic carbocycles. The Morgan fingerprint density at radius 2 is 2.33 bits per heavy atom. The number of thiazole rings is 1. The van der Waals surface area contributed by atoms with Crippen LogP contribution >= 0.6 is 22.9 Å². The molecule has 0 saturated heterocycles. The predicted molar refractivity (Wildman–Crippen MR) is 65.5 cm³/mol. The van der Waals surface area contributed by atoms with Crippen LogP contribution in [0.2, 0.25) is 0 Å². The molecule has 0 N–H and O–H groups in total. The van der Waals surface area contributed by atoms with E-state index in [1.54, 1.807) is 11.3 Å². The Kier molecular flexibility index (Phi) is 3.65. The van der Waals surface area contributed by atoms with Crippen molar-refractivity contribution in [2.45, 2.75) is 32.7 Å². The summed E-state index contributed by atoms with van der Waals surface area (Å²) in [6.07, 6.45) is 1.09. The topological polar surface area (TPSA) is 16.1 Å². The van der Waals surface area contributed by atoms with Crippen molar-refractivity contribution in [2.75, 3.05) is 13.1 Å². The van der Waals surface area contributed by atoms with Crippen LogP contribution in [0.4, 0.5) is 0 Å². The lowest BCUT2D eigenvalue weighted by atomic mass is 10.1. The molecule has 0 amide bonds. The molecule has 84 valence electrons. The normalized spacial score (nSPS) is 17.1. The fourth-order valence-electron chi connectivity index (χ4n) is 2.03. The molecule has 0 spiro atoms. The van der Waals surface area contributed by atoms with E-state index in [9.17, 15) is 0 Å². The number of aromatic nitrogens is 1. The predicted octanol–water partition coefficient (Wildman–Crippen LogP) is 2.90. The fraction of sp³-hybridized carbons (Fsp3) is 0.727. The van der Waals surface area contributed by atoms with Gasteiger partial charge in [-0.2, -0.15) is 0 Å². The molecule has 1 aliphatic heterocycles. The van der Waals surface area contributed by atoms with Crippen LogP contribution in [0.1, 0.15) is 29.4 Å². The Bertz CT molecular complexity index is 335. The number of hydrogen-bond donors (Lipinski definition) is 0. The lowest BCUT2D eigenvalue weighted by Crippen LogP contribution is -2.32. The third kappa shape index (κ3) is 2.71. The molecule has 0 fully saturated rings. The van der Waals surface area contributed by atoms with Gasteiger partial charge in [-0.25, -0.2) is 4.98 Å². The van der Waals surface area contributed by atoms with Crippen LogP contribution in [0.5, 0.6) is 0 Å². The van der Waals surface area contributed by atoms with Crippen molar-refractivity contribution in [3.8, 4) is 0 Å². The average molecular weight is 245 g/mol. The summed E-state index contributed by atoms with van der Waals surface area (Å²) >= 11 is 7.58. The number of hydrogen-bond acceptors (Lipinski definition) is 3. The summed E-state index contributed by atoms with van der Waals surface area (Å²) in [6.45, 7) is 7.95. The van der Waals surface area contributed by atoms with E-state index in [0.29, 0.717) is 5.88 Å². The van der Waals surface area contributed by atoms with Crippen LogP contribution in [-0.2, 0) is 18.8 Å². The van der Waals surface area contributed by atoms with Crippen LogP contribution < -0.4 is 0 Å². The number of nitrogens with zero attached hydrogens (tertiary/aromatic N) is 2. The summed E-state index contributed by atoms with van der Waals surface area (Å²) in [5.74, 6) is 1.30. The van der Waals surface area contributed by atoms with Gasteiger partial charge in [0.2, 0.25) is 0 Å². The molecule has 0 saturated carbocycles. The summed E-state index contributed by atoms with van der Waals surface area (Å²) in [5.41, 5.74) is 1.29. The quantitative estimate of drug-likeness (QED) is 0.761. The maximum atomic E-state index is 5.80. The Morgan fingerprint density at radius 3 is 3.00 bits per heavy atom. The summed E-state index contributed by atoms with van der Waals surface area (Å²) < 4.78 is 0. The van der Waals surface area contributed by atoms with Crippen LogP contribution in [0.15, 0.2) is 0 Å².